The van der Waals surface area contributed by atoms with E-state index in [1.165, 1.54) is 30.8 Å². The van der Waals surface area contributed by atoms with Crippen LogP contribution in [0.1, 0.15) is 24.5 Å². The lowest BCUT2D eigenvalue weighted by atomic mass is 10.0. The van der Waals surface area contributed by atoms with Crippen LogP contribution in [0.3, 0.4) is 0 Å². The van der Waals surface area contributed by atoms with Gasteiger partial charge in [0.1, 0.15) is 23.9 Å². The fraction of sp³-hybridized carbons (Fsp3) is 0.385. The largest absolute Gasteiger partial charge is 0.508 e. The number of amides is 3. The van der Waals surface area contributed by atoms with E-state index in [9.17, 15) is 29.4 Å². The molecule has 11 heteroatoms. The second kappa shape index (κ2) is 14.9. The van der Waals surface area contributed by atoms with Gasteiger partial charge in [-0.1, -0.05) is 42.5 Å². The summed E-state index contributed by atoms with van der Waals surface area (Å²) in [7, 11) is 0. The van der Waals surface area contributed by atoms with Crippen LogP contribution in [-0.4, -0.2) is 70.1 Å². The Hall–Kier alpha value is -3.57. The summed E-state index contributed by atoms with van der Waals surface area (Å²) in [6.07, 6.45) is 2.47. The zero-order valence-electron chi connectivity index (χ0n) is 20.8. The molecular weight excluding hydrogens is 496 g/mol. The number of phenolic OH excluding ortho intramolecular Hbond substituents is 1. The molecule has 3 amide bonds. The highest BCUT2D eigenvalue weighted by Gasteiger charge is 2.28. The average Bonchev–Trinajstić information content (AvgIpc) is 2.87. The van der Waals surface area contributed by atoms with Gasteiger partial charge in [0.05, 0.1) is 6.04 Å². The van der Waals surface area contributed by atoms with E-state index in [4.69, 9.17) is 5.73 Å². The van der Waals surface area contributed by atoms with Gasteiger partial charge in [-0.15, -0.1) is 0 Å². The third kappa shape index (κ3) is 10.1. The molecular formula is C26H34N4O6S. The zero-order chi connectivity index (χ0) is 27.4. The van der Waals surface area contributed by atoms with Crippen molar-refractivity contribution in [2.75, 3.05) is 12.0 Å². The number of carboxylic acids is 1. The molecule has 0 fully saturated rings. The van der Waals surface area contributed by atoms with Crippen molar-refractivity contribution in [1.29, 1.82) is 0 Å². The van der Waals surface area contributed by atoms with Gasteiger partial charge in [-0.05, 0) is 55.0 Å². The number of phenols is 1. The van der Waals surface area contributed by atoms with Gasteiger partial charge in [0.15, 0.2) is 0 Å². The zero-order valence-corrected chi connectivity index (χ0v) is 21.7. The number of carbonyl (C=O) groups excluding carboxylic acids is 3. The Morgan fingerprint density at radius 1 is 0.838 bits per heavy atom. The number of thioether (sulfide) groups is 1. The molecule has 0 aromatic heterocycles. The van der Waals surface area contributed by atoms with E-state index < -0.39 is 47.9 Å². The number of aliphatic carboxylic acids is 1. The molecule has 37 heavy (non-hydrogen) atoms. The molecule has 2 aromatic carbocycles. The standard InChI is InChI=1S/C26H34N4O6S/c1-16(23(32)30-22(26(35)36)15-17-6-4-3-5-7-17)28-25(34)21(12-13-37-2)29-24(33)20(27)14-18-8-10-19(31)11-9-18/h3-11,16,20-22,31H,12-15,27H2,1-2H3,(H,28,34)(H,29,33)(H,30,32)(H,35,36)/t16-,20-,21-,22-/m0/s1. The number of carbonyl (C=O) groups is 4. The Labute approximate surface area is 220 Å². The van der Waals surface area contributed by atoms with Crippen molar-refractivity contribution in [2.45, 2.75) is 50.4 Å². The first-order chi connectivity index (χ1) is 17.6. The topological polar surface area (TPSA) is 171 Å². The van der Waals surface area contributed by atoms with Crippen LogP contribution in [0.4, 0.5) is 0 Å². The number of benzene rings is 2. The van der Waals surface area contributed by atoms with E-state index >= 15 is 0 Å². The average molecular weight is 531 g/mol. The minimum absolute atomic E-state index is 0.0912. The van der Waals surface area contributed by atoms with Gasteiger partial charge < -0.3 is 31.9 Å². The fourth-order valence-electron chi connectivity index (χ4n) is 3.49. The summed E-state index contributed by atoms with van der Waals surface area (Å²) >= 11 is 1.49. The minimum atomic E-state index is -1.19. The maximum Gasteiger partial charge on any atom is 0.326 e. The smallest absolute Gasteiger partial charge is 0.326 e. The van der Waals surface area contributed by atoms with E-state index in [1.54, 1.807) is 36.4 Å². The monoisotopic (exact) mass is 530 g/mol. The van der Waals surface area contributed by atoms with Gasteiger partial charge in [-0.25, -0.2) is 4.79 Å². The molecule has 2 aromatic rings. The molecule has 0 radical (unpaired) electrons. The van der Waals surface area contributed by atoms with Gasteiger partial charge in [-0.3, -0.25) is 14.4 Å². The van der Waals surface area contributed by atoms with E-state index in [2.05, 4.69) is 16.0 Å². The highest BCUT2D eigenvalue weighted by molar-refractivity contribution is 7.98. The molecule has 0 unspecified atom stereocenters. The molecule has 0 saturated carbocycles. The molecule has 0 saturated heterocycles. The van der Waals surface area contributed by atoms with E-state index in [1.807, 2.05) is 12.3 Å². The van der Waals surface area contributed by atoms with Crippen molar-refractivity contribution < 1.29 is 29.4 Å². The Balaban J connectivity index is 1.97. The third-order valence-electron chi connectivity index (χ3n) is 5.62. The summed E-state index contributed by atoms with van der Waals surface area (Å²) < 4.78 is 0. The quantitative estimate of drug-likeness (QED) is 0.208. The molecule has 0 aliphatic rings. The summed E-state index contributed by atoms with van der Waals surface area (Å²) in [5, 5.41) is 26.6. The van der Waals surface area contributed by atoms with Crippen LogP contribution in [0, 0.1) is 0 Å². The van der Waals surface area contributed by atoms with Crippen molar-refractivity contribution in [3.05, 3.63) is 65.7 Å². The van der Waals surface area contributed by atoms with Crippen LogP contribution in [0.15, 0.2) is 54.6 Å². The second-order valence-corrected chi connectivity index (χ2v) is 9.62. The van der Waals surface area contributed by atoms with Crippen molar-refractivity contribution in [1.82, 2.24) is 16.0 Å². The Morgan fingerprint density at radius 3 is 2.03 bits per heavy atom. The van der Waals surface area contributed by atoms with Crippen LogP contribution in [-0.2, 0) is 32.0 Å². The molecule has 0 aliphatic heterocycles. The maximum atomic E-state index is 12.9. The van der Waals surface area contributed by atoms with E-state index in [0.29, 0.717) is 12.2 Å². The molecule has 200 valence electrons. The van der Waals surface area contributed by atoms with Crippen LogP contribution in [0.5, 0.6) is 5.75 Å². The number of hydrogen-bond acceptors (Lipinski definition) is 7. The SMILES string of the molecule is CSCC[C@H](NC(=O)[C@@H](N)Cc1ccc(O)cc1)C(=O)N[C@@H](C)C(=O)N[C@@H](Cc1ccccc1)C(=O)O. The first kappa shape index (κ1) is 29.7. The van der Waals surface area contributed by atoms with Crippen LogP contribution >= 0.6 is 11.8 Å². The summed E-state index contributed by atoms with van der Waals surface area (Å²) in [6.45, 7) is 1.44. The van der Waals surface area contributed by atoms with Crippen molar-refractivity contribution >= 4 is 35.5 Å². The van der Waals surface area contributed by atoms with Gasteiger partial charge >= 0.3 is 5.97 Å². The van der Waals surface area contributed by atoms with Gasteiger partial charge in [0.25, 0.3) is 0 Å². The van der Waals surface area contributed by atoms with Crippen molar-refractivity contribution in [3.63, 3.8) is 0 Å². The van der Waals surface area contributed by atoms with E-state index in [-0.39, 0.29) is 18.6 Å². The number of nitrogens with two attached hydrogens (primary N) is 1. The molecule has 7 N–H and O–H groups in total. The first-order valence-corrected chi connectivity index (χ1v) is 13.2. The fourth-order valence-corrected chi connectivity index (χ4v) is 3.96. The van der Waals surface area contributed by atoms with Gasteiger partial charge in [-0.2, -0.15) is 11.8 Å². The van der Waals surface area contributed by atoms with Gasteiger partial charge in [0.2, 0.25) is 17.7 Å². The number of rotatable bonds is 14. The number of aromatic hydroxyl groups is 1. The highest BCUT2D eigenvalue weighted by Crippen LogP contribution is 2.11. The highest BCUT2D eigenvalue weighted by atomic mass is 32.2. The van der Waals surface area contributed by atoms with Gasteiger partial charge in [0, 0.05) is 6.42 Å². The molecule has 4 atom stereocenters. The summed E-state index contributed by atoms with van der Waals surface area (Å²) in [5.41, 5.74) is 7.52. The van der Waals surface area contributed by atoms with Crippen LogP contribution in [0.25, 0.3) is 0 Å². The number of carboxylic acid groups (broad SMARTS) is 1. The summed E-state index contributed by atoms with van der Waals surface area (Å²) in [6, 6.07) is 11.1. The van der Waals surface area contributed by atoms with E-state index in [0.717, 1.165) is 11.1 Å². The lowest BCUT2D eigenvalue weighted by Gasteiger charge is -2.23. The molecule has 0 spiro atoms. The third-order valence-corrected chi connectivity index (χ3v) is 6.27. The van der Waals surface area contributed by atoms with Crippen molar-refractivity contribution in [3.8, 4) is 5.75 Å². The van der Waals surface area contributed by atoms with Crippen LogP contribution in [0.2, 0.25) is 0 Å². The predicted octanol–water partition coefficient (Wildman–Crippen LogP) is 0.817. The lowest BCUT2D eigenvalue weighted by Crippen LogP contribution is -2.56. The minimum Gasteiger partial charge on any atom is -0.508 e. The summed E-state index contributed by atoms with van der Waals surface area (Å²) in [5.74, 6) is -2.27. The lowest BCUT2D eigenvalue weighted by molar-refractivity contribution is -0.142. The Kier molecular flexibility index (Phi) is 11.9. The van der Waals surface area contributed by atoms with Crippen molar-refractivity contribution in [2.24, 2.45) is 5.73 Å². The summed E-state index contributed by atoms with van der Waals surface area (Å²) in [4.78, 5) is 49.9. The normalized spacial score (nSPS) is 14.0. The predicted molar refractivity (Wildman–Crippen MR) is 142 cm³/mol. The maximum absolute atomic E-state index is 12.9. The Bertz CT molecular complexity index is 1050. The van der Waals surface area contributed by atoms with Crippen LogP contribution < -0.4 is 21.7 Å². The Morgan fingerprint density at radius 2 is 1.43 bits per heavy atom. The number of hydrogen-bond donors (Lipinski definition) is 6. The molecule has 0 bridgehead atoms. The molecule has 0 aliphatic carbocycles. The molecule has 10 nitrogen and oxygen atoms in total. The number of nitrogens with one attached hydrogen (secondary N) is 3. The molecule has 0 heterocycles. The second-order valence-electron chi connectivity index (χ2n) is 8.64. The molecule has 2 rings (SSSR count). The first-order valence-electron chi connectivity index (χ1n) is 11.8.